The smallest absolute Gasteiger partial charge is 0.409 e. The van der Waals surface area contributed by atoms with Gasteiger partial charge in [0.2, 0.25) is 0 Å². The van der Waals surface area contributed by atoms with Gasteiger partial charge in [-0.05, 0) is 25.8 Å². The van der Waals surface area contributed by atoms with Crippen LogP contribution in [0.25, 0.3) is 0 Å². The first-order valence-electron chi connectivity index (χ1n) is 4.46. The highest BCUT2D eigenvalue weighted by atomic mass is 16.6. The molecule has 0 saturated carbocycles. The molecule has 1 amide bonds. The van der Waals surface area contributed by atoms with E-state index < -0.39 is 0 Å². The first-order chi connectivity index (χ1) is 5.84. The lowest BCUT2D eigenvalue weighted by Gasteiger charge is -2.29. The van der Waals surface area contributed by atoms with Crippen molar-refractivity contribution < 1.29 is 9.53 Å². The van der Waals surface area contributed by atoms with Crippen LogP contribution in [0.3, 0.4) is 0 Å². The lowest BCUT2D eigenvalue weighted by Crippen LogP contribution is -2.42. The van der Waals surface area contributed by atoms with Crippen LogP contribution in [0.4, 0.5) is 4.79 Å². The van der Waals surface area contributed by atoms with E-state index in [9.17, 15) is 4.79 Å². The Kier molecular flexibility index (Phi) is 3.87. The lowest BCUT2D eigenvalue weighted by atomic mass is 10.2. The highest BCUT2D eigenvalue weighted by Crippen LogP contribution is 2.07. The van der Waals surface area contributed by atoms with Gasteiger partial charge in [0.1, 0.15) is 0 Å². The van der Waals surface area contributed by atoms with Crippen molar-refractivity contribution in [2.75, 3.05) is 26.2 Å². The molecule has 0 spiro atoms. The molecule has 0 aromatic carbocycles. The molecule has 2 N–H and O–H groups in total. The van der Waals surface area contributed by atoms with Crippen LogP contribution < -0.4 is 5.73 Å². The van der Waals surface area contributed by atoms with Gasteiger partial charge < -0.3 is 15.4 Å². The van der Waals surface area contributed by atoms with Crippen LogP contribution in [0.1, 0.15) is 19.3 Å². The Morgan fingerprint density at radius 3 is 2.67 bits per heavy atom. The predicted molar refractivity (Wildman–Crippen MR) is 45.8 cm³/mol. The fourth-order valence-electron chi connectivity index (χ4n) is 0.996. The maximum Gasteiger partial charge on any atom is 0.409 e. The molecule has 12 heavy (non-hydrogen) atoms. The van der Waals surface area contributed by atoms with Gasteiger partial charge in [-0.15, -0.1) is 0 Å². The van der Waals surface area contributed by atoms with Crippen molar-refractivity contribution in [2.24, 2.45) is 5.73 Å². The van der Waals surface area contributed by atoms with Crippen LogP contribution in [0.15, 0.2) is 0 Å². The van der Waals surface area contributed by atoms with Crippen LogP contribution in [0.2, 0.25) is 0 Å². The molecule has 0 unspecified atom stereocenters. The van der Waals surface area contributed by atoms with Gasteiger partial charge in [-0.25, -0.2) is 4.79 Å². The molecule has 70 valence electrons. The molecule has 0 aromatic rings. The molecule has 1 aliphatic rings. The maximum atomic E-state index is 11.1. The normalized spacial score (nSPS) is 15.6. The molecular formula is C8H16N2O2. The van der Waals surface area contributed by atoms with E-state index in [1.165, 1.54) is 0 Å². The third kappa shape index (κ3) is 2.70. The van der Waals surface area contributed by atoms with Crippen molar-refractivity contribution >= 4 is 6.09 Å². The van der Waals surface area contributed by atoms with Gasteiger partial charge in [-0.1, -0.05) is 0 Å². The zero-order valence-corrected chi connectivity index (χ0v) is 7.29. The van der Waals surface area contributed by atoms with Crippen molar-refractivity contribution in [1.82, 2.24) is 4.90 Å². The summed E-state index contributed by atoms with van der Waals surface area (Å²) in [6.07, 6.45) is 2.74. The summed E-state index contributed by atoms with van der Waals surface area (Å²) in [6.45, 7) is 2.89. The first kappa shape index (κ1) is 9.32. The Hall–Kier alpha value is -0.770. The summed E-state index contributed by atoms with van der Waals surface area (Å²) in [5, 5.41) is 0. The van der Waals surface area contributed by atoms with Crippen LogP contribution in [-0.4, -0.2) is 37.2 Å². The summed E-state index contributed by atoms with van der Waals surface area (Å²) in [4.78, 5) is 12.8. The summed E-state index contributed by atoms with van der Waals surface area (Å²) in [5.41, 5.74) is 5.29. The van der Waals surface area contributed by atoms with Crippen molar-refractivity contribution in [2.45, 2.75) is 19.3 Å². The number of nitrogens with zero attached hydrogens (tertiary/aromatic N) is 1. The van der Waals surface area contributed by atoms with Gasteiger partial charge in [0.25, 0.3) is 0 Å². The van der Waals surface area contributed by atoms with Crippen molar-refractivity contribution in [3.63, 3.8) is 0 Å². The van der Waals surface area contributed by atoms with E-state index in [-0.39, 0.29) is 6.09 Å². The number of hydrogen-bond acceptors (Lipinski definition) is 3. The molecule has 0 aliphatic carbocycles. The van der Waals surface area contributed by atoms with E-state index in [1.807, 2.05) is 0 Å². The predicted octanol–water partition coefficient (Wildman–Crippen LogP) is 0.568. The third-order valence-electron chi connectivity index (χ3n) is 1.94. The first-order valence-corrected chi connectivity index (χ1v) is 4.46. The molecule has 0 atom stereocenters. The fraction of sp³-hybridized carbons (Fsp3) is 0.875. The number of likely N-dealkylation sites (tertiary alicyclic amines) is 1. The number of carbonyl (C=O) groups excluding carboxylic acids is 1. The van der Waals surface area contributed by atoms with Crippen molar-refractivity contribution in [3.05, 3.63) is 0 Å². The minimum atomic E-state index is -0.168. The van der Waals surface area contributed by atoms with Gasteiger partial charge >= 0.3 is 6.09 Å². The summed E-state index contributed by atoms with van der Waals surface area (Å²) in [6, 6.07) is 0. The number of carbonyl (C=O) groups is 1. The zero-order chi connectivity index (χ0) is 8.81. The van der Waals surface area contributed by atoms with E-state index in [4.69, 9.17) is 10.5 Å². The molecule has 1 heterocycles. The quantitative estimate of drug-likeness (QED) is 0.631. The molecule has 4 nitrogen and oxygen atoms in total. The summed E-state index contributed by atoms with van der Waals surface area (Å²) < 4.78 is 4.98. The second-order valence-corrected chi connectivity index (χ2v) is 2.95. The Balaban J connectivity index is 1.94. The van der Waals surface area contributed by atoms with Crippen molar-refractivity contribution in [3.8, 4) is 0 Å². The Morgan fingerprint density at radius 1 is 1.42 bits per heavy atom. The van der Waals surface area contributed by atoms with Gasteiger partial charge in [0.15, 0.2) is 0 Å². The lowest BCUT2D eigenvalue weighted by molar-refractivity contribution is 0.0798. The van der Waals surface area contributed by atoms with Crippen LogP contribution in [0, 0.1) is 0 Å². The van der Waals surface area contributed by atoms with E-state index in [0.717, 1.165) is 32.4 Å². The van der Waals surface area contributed by atoms with E-state index in [0.29, 0.717) is 13.2 Å². The molecule has 4 heteroatoms. The number of hydrogen-bond donors (Lipinski definition) is 1. The molecular weight excluding hydrogens is 156 g/mol. The SMILES string of the molecule is NCCCCOC(=O)N1CCC1. The number of amides is 1. The zero-order valence-electron chi connectivity index (χ0n) is 7.29. The molecule has 0 aromatic heterocycles. The number of rotatable bonds is 4. The molecule has 1 aliphatic heterocycles. The Labute approximate surface area is 72.7 Å². The van der Waals surface area contributed by atoms with E-state index in [1.54, 1.807) is 4.90 Å². The van der Waals surface area contributed by atoms with Gasteiger partial charge in [-0.3, -0.25) is 0 Å². The Morgan fingerprint density at radius 2 is 2.17 bits per heavy atom. The number of unbranched alkanes of at least 4 members (excludes halogenated alkanes) is 1. The fourth-order valence-corrected chi connectivity index (χ4v) is 0.996. The third-order valence-corrected chi connectivity index (χ3v) is 1.94. The Bertz CT molecular complexity index is 146. The van der Waals surface area contributed by atoms with E-state index >= 15 is 0 Å². The summed E-state index contributed by atoms with van der Waals surface area (Å²) in [5.74, 6) is 0. The second kappa shape index (κ2) is 4.98. The summed E-state index contributed by atoms with van der Waals surface area (Å²) >= 11 is 0. The molecule has 1 rings (SSSR count). The van der Waals surface area contributed by atoms with Crippen LogP contribution >= 0.6 is 0 Å². The van der Waals surface area contributed by atoms with Gasteiger partial charge in [0, 0.05) is 13.1 Å². The maximum absolute atomic E-state index is 11.1. The topological polar surface area (TPSA) is 55.6 Å². The monoisotopic (exact) mass is 172 g/mol. The molecule has 0 radical (unpaired) electrons. The second-order valence-electron chi connectivity index (χ2n) is 2.95. The standard InChI is InChI=1S/C8H16N2O2/c9-4-1-2-7-12-8(11)10-5-3-6-10/h1-7,9H2. The number of nitrogens with two attached hydrogens (primary N) is 1. The highest BCUT2D eigenvalue weighted by molar-refractivity contribution is 5.68. The minimum absolute atomic E-state index is 0.168. The highest BCUT2D eigenvalue weighted by Gasteiger charge is 2.20. The van der Waals surface area contributed by atoms with Gasteiger partial charge in [0.05, 0.1) is 6.61 Å². The van der Waals surface area contributed by atoms with Crippen LogP contribution in [0.5, 0.6) is 0 Å². The average molecular weight is 172 g/mol. The average Bonchev–Trinajstić information content (AvgIpc) is 1.95. The van der Waals surface area contributed by atoms with Crippen LogP contribution in [-0.2, 0) is 4.74 Å². The largest absolute Gasteiger partial charge is 0.449 e. The van der Waals surface area contributed by atoms with Gasteiger partial charge in [-0.2, -0.15) is 0 Å². The number of ether oxygens (including phenoxy) is 1. The van der Waals surface area contributed by atoms with E-state index in [2.05, 4.69) is 0 Å². The van der Waals surface area contributed by atoms with Crippen molar-refractivity contribution in [1.29, 1.82) is 0 Å². The molecule has 1 saturated heterocycles. The minimum Gasteiger partial charge on any atom is -0.449 e. The molecule has 1 fully saturated rings. The summed E-state index contributed by atoms with van der Waals surface area (Å²) in [7, 11) is 0. The molecule has 0 bridgehead atoms.